The molecule has 0 aromatic heterocycles. The van der Waals surface area contributed by atoms with E-state index in [0.29, 0.717) is 0 Å². The van der Waals surface area contributed by atoms with E-state index in [1.54, 1.807) is 24.3 Å². The van der Waals surface area contributed by atoms with Gasteiger partial charge in [-0.3, -0.25) is 14.5 Å². The van der Waals surface area contributed by atoms with Crippen LogP contribution in [0.3, 0.4) is 0 Å². The summed E-state index contributed by atoms with van der Waals surface area (Å²) in [5.74, 6) is -1.99. The molecule has 1 atom stereocenters. The molecule has 1 N–H and O–H groups in total. The molecule has 1 unspecified atom stereocenters. The fourth-order valence-electron chi connectivity index (χ4n) is 1.82. The Kier molecular flexibility index (Phi) is 2.91. The van der Waals surface area contributed by atoms with E-state index in [0.717, 1.165) is 10.5 Å². The summed E-state index contributed by atoms with van der Waals surface area (Å²) in [7, 11) is 0. The molecule has 0 radical (unpaired) electrons. The monoisotopic (exact) mass is 233 g/mol. The highest BCUT2D eigenvalue weighted by atomic mass is 16.4. The van der Waals surface area contributed by atoms with Gasteiger partial charge in [0.05, 0.1) is 0 Å². The van der Waals surface area contributed by atoms with Crippen LogP contribution in [0.15, 0.2) is 30.3 Å². The average molecular weight is 233 g/mol. The van der Waals surface area contributed by atoms with E-state index in [4.69, 9.17) is 5.11 Å². The third kappa shape index (κ3) is 2.18. The number of likely N-dealkylation sites (tertiary alicyclic amines) is 1. The van der Waals surface area contributed by atoms with E-state index in [-0.39, 0.29) is 12.8 Å². The first-order valence-corrected chi connectivity index (χ1v) is 5.21. The summed E-state index contributed by atoms with van der Waals surface area (Å²) >= 11 is 0. The Morgan fingerprint density at radius 3 is 2.29 bits per heavy atom. The van der Waals surface area contributed by atoms with Crippen molar-refractivity contribution >= 4 is 17.8 Å². The summed E-state index contributed by atoms with van der Waals surface area (Å²) in [4.78, 5) is 34.3. The first kappa shape index (κ1) is 11.3. The molecule has 5 heteroatoms. The molecule has 1 aromatic carbocycles. The van der Waals surface area contributed by atoms with Crippen LogP contribution >= 0.6 is 0 Å². The van der Waals surface area contributed by atoms with E-state index >= 15 is 0 Å². The summed E-state index contributed by atoms with van der Waals surface area (Å²) in [5.41, 5.74) is 0.785. The van der Waals surface area contributed by atoms with Crippen LogP contribution in [0.2, 0.25) is 0 Å². The van der Waals surface area contributed by atoms with Gasteiger partial charge in [-0.2, -0.15) is 0 Å². The number of hydrogen-bond acceptors (Lipinski definition) is 3. The molecule has 17 heavy (non-hydrogen) atoms. The van der Waals surface area contributed by atoms with E-state index in [1.165, 1.54) is 0 Å². The van der Waals surface area contributed by atoms with Gasteiger partial charge in [-0.1, -0.05) is 30.3 Å². The zero-order valence-corrected chi connectivity index (χ0v) is 9.00. The zero-order chi connectivity index (χ0) is 12.4. The first-order chi connectivity index (χ1) is 8.09. The molecule has 88 valence electrons. The predicted octanol–water partition coefficient (Wildman–Crippen LogP) is 0.441. The van der Waals surface area contributed by atoms with Crippen LogP contribution in [0, 0.1) is 0 Å². The van der Waals surface area contributed by atoms with Gasteiger partial charge in [-0.25, -0.2) is 4.79 Å². The number of nitrogens with zero attached hydrogens (tertiary/aromatic N) is 1. The number of carboxylic acids is 1. The second kappa shape index (κ2) is 4.37. The molecule has 5 nitrogen and oxygen atoms in total. The first-order valence-electron chi connectivity index (χ1n) is 5.21. The van der Waals surface area contributed by atoms with Crippen LogP contribution in [0.25, 0.3) is 0 Å². The third-order valence-electron chi connectivity index (χ3n) is 2.71. The van der Waals surface area contributed by atoms with Crippen molar-refractivity contribution < 1.29 is 19.5 Å². The maximum Gasteiger partial charge on any atom is 0.327 e. The molecule has 1 aliphatic rings. The number of rotatable bonds is 4. The number of β-lactam (4-membered cyclic amide) rings is 2. The molecular weight excluding hydrogens is 222 g/mol. The van der Waals surface area contributed by atoms with E-state index in [9.17, 15) is 14.4 Å². The number of benzene rings is 1. The maximum atomic E-state index is 11.2. The van der Waals surface area contributed by atoms with E-state index < -0.39 is 23.8 Å². The summed E-state index contributed by atoms with van der Waals surface area (Å²) in [6, 6.07) is 7.84. The highest BCUT2D eigenvalue weighted by Crippen LogP contribution is 2.19. The van der Waals surface area contributed by atoms with Crippen LogP contribution in [-0.4, -0.2) is 33.8 Å². The van der Waals surface area contributed by atoms with Crippen molar-refractivity contribution in [1.82, 2.24) is 4.90 Å². The fourth-order valence-corrected chi connectivity index (χ4v) is 1.82. The van der Waals surface area contributed by atoms with Crippen molar-refractivity contribution in [2.45, 2.75) is 18.9 Å². The molecule has 0 saturated carbocycles. The Morgan fingerprint density at radius 2 is 1.82 bits per heavy atom. The number of aliphatic carboxylic acids is 1. The SMILES string of the molecule is O=C(O)C(Cc1ccccc1)N1C(=O)CC1=O. The lowest BCUT2D eigenvalue weighted by atomic mass is 10.0. The second-order valence-electron chi connectivity index (χ2n) is 3.88. The van der Waals surface area contributed by atoms with Gasteiger partial charge in [0.15, 0.2) is 0 Å². The molecular formula is C12H11NO4. The van der Waals surface area contributed by atoms with Gasteiger partial charge < -0.3 is 5.11 Å². The topological polar surface area (TPSA) is 74.7 Å². The van der Waals surface area contributed by atoms with E-state index in [2.05, 4.69) is 0 Å². The minimum atomic E-state index is -1.16. The predicted molar refractivity (Wildman–Crippen MR) is 58.0 cm³/mol. The molecule has 0 aliphatic carbocycles. The van der Waals surface area contributed by atoms with Gasteiger partial charge >= 0.3 is 5.97 Å². The Balaban J connectivity index is 2.16. The Hall–Kier alpha value is -2.17. The molecule has 2 amide bonds. The number of carboxylic acid groups (broad SMARTS) is 1. The lowest BCUT2D eigenvalue weighted by Gasteiger charge is -2.33. The van der Waals surface area contributed by atoms with Gasteiger partial charge in [0, 0.05) is 6.42 Å². The van der Waals surface area contributed by atoms with Gasteiger partial charge in [-0.05, 0) is 5.56 Å². The van der Waals surface area contributed by atoms with Gasteiger partial charge in [0.1, 0.15) is 12.5 Å². The minimum Gasteiger partial charge on any atom is -0.480 e. The quantitative estimate of drug-likeness (QED) is 0.605. The van der Waals surface area contributed by atoms with Gasteiger partial charge in [0.25, 0.3) is 0 Å². The molecule has 2 rings (SSSR count). The number of imide groups is 1. The lowest BCUT2D eigenvalue weighted by molar-refractivity contribution is -0.167. The van der Waals surface area contributed by atoms with Crippen molar-refractivity contribution in [3.05, 3.63) is 35.9 Å². The maximum absolute atomic E-state index is 11.2. The zero-order valence-electron chi connectivity index (χ0n) is 9.00. The standard InChI is InChI=1S/C12H11NO4/c14-10-7-11(15)13(10)9(12(16)17)6-8-4-2-1-3-5-8/h1-5,9H,6-7H2,(H,16,17). The Morgan fingerprint density at radius 1 is 1.24 bits per heavy atom. The third-order valence-corrected chi connectivity index (χ3v) is 2.71. The molecule has 1 fully saturated rings. The van der Waals surface area contributed by atoms with Crippen LogP contribution in [0.4, 0.5) is 0 Å². The summed E-state index contributed by atoms with van der Waals surface area (Å²) < 4.78 is 0. The highest BCUT2D eigenvalue weighted by molar-refractivity contribution is 6.16. The van der Waals surface area contributed by atoms with Crippen molar-refractivity contribution in [1.29, 1.82) is 0 Å². The normalized spacial score (nSPS) is 16.6. The van der Waals surface area contributed by atoms with Crippen LogP contribution in [0.5, 0.6) is 0 Å². The molecule has 1 aliphatic heterocycles. The van der Waals surface area contributed by atoms with Crippen LogP contribution < -0.4 is 0 Å². The van der Waals surface area contributed by atoms with Crippen molar-refractivity contribution in [3.63, 3.8) is 0 Å². The average Bonchev–Trinajstić information content (AvgIpc) is 2.29. The fraction of sp³-hybridized carbons (Fsp3) is 0.250. The molecule has 1 saturated heterocycles. The summed E-state index contributed by atoms with van der Waals surface area (Å²) in [5, 5.41) is 9.06. The Labute approximate surface area is 97.7 Å². The molecule has 1 aromatic rings. The van der Waals surface area contributed by atoms with E-state index in [1.807, 2.05) is 6.07 Å². The van der Waals surface area contributed by atoms with Crippen LogP contribution in [-0.2, 0) is 20.8 Å². The lowest BCUT2D eigenvalue weighted by Crippen LogP contribution is -2.57. The Bertz CT molecular complexity index is 455. The number of carbonyl (C=O) groups excluding carboxylic acids is 2. The summed E-state index contributed by atoms with van der Waals surface area (Å²) in [6.45, 7) is 0. The van der Waals surface area contributed by atoms with Crippen molar-refractivity contribution in [3.8, 4) is 0 Å². The molecule has 0 bridgehead atoms. The number of carbonyl (C=O) groups is 3. The molecule has 1 heterocycles. The largest absolute Gasteiger partial charge is 0.480 e. The van der Waals surface area contributed by atoms with Gasteiger partial charge in [0.2, 0.25) is 11.8 Å². The smallest absolute Gasteiger partial charge is 0.327 e. The van der Waals surface area contributed by atoms with Crippen molar-refractivity contribution in [2.24, 2.45) is 0 Å². The number of amides is 2. The second-order valence-corrected chi connectivity index (χ2v) is 3.88. The highest BCUT2D eigenvalue weighted by Gasteiger charge is 2.42. The number of hydrogen-bond donors (Lipinski definition) is 1. The van der Waals surface area contributed by atoms with Crippen LogP contribution in [0.1, 0.15) is 12.0 Å². The van der Waals surface area contributed by atoms with Crippen molar-refractivity contribution in [2.75, 3.05) is 0 Å². The summed E-state index contributed by atoms with van der Waals surface area (Å²) in [6.07, 6.45) is -0.0355. The van der Waals surface area contributed by atoms with Gasteiger partial charge in [-0.15, -0.1) is 0 Å². The molecule has 0 spiro atoms. The minimum absolute atomic E-state index is 0.146.